The third-order valence-electron chi connectivity index (χ3n) is 4.75. The van der Waals surface area contributed by atoms with Crippen molar-refractivity contribution < 1.29 is 14.3 Å². The Morgan fingerprint density at radius 2 is 1.62 bits per heavy atom. The Morgan fingerprint density at radius 3 is 2.15 bits per heavy atom. The first kappa shape index (κ1) is 18.1. The molecule has 0 radical (unpaired) electrons. The van der Waals surface area contributed by atoms with Crippen molar-refractivity contribution in [3.8, 4) is 5.75 Å². The Kier molecular flexibility index (Phi) is 5.68. The van der Waals surface area contributed by atoms with Crippen molar-refractivity contribution in [3.63, 3.8) is 0 Å². The molecule has 1 aliphatic rings. The molecule has 5 heteroatoms. The van der Waals surface area contributed by atoms with E-state index in [0.717, 1.165) is 25.1 Å². The minimum absolute atomic E-state index is 0.187. The second-order valence-electron chi connectivity index (χ2n) is 6.35. The fourth-order valence-electron chi connectivity index (χ4n) is 3.29. The summed E-state index contributed by atoms with van der Waals surface area (Å²) in [6.45, 7) is 3.29. The number of ether oxygens (including phenoxy) is 1. The first-order chi connectivity index (χ1) is 12.7. The molecule has 0 spiro atoms. The SMILES string of the molecule is CCC(NCCCN1C(=O)c2ccccc2C1=O)c1ccc(OC)cc1. The van der Waals surface area contributed by atoms with Gasteiger partial charge in [-0.05, 0) is 49.2 Å². The molecule has 0 aliphatic carbocycles. The zero-order valence-corrected chi connectivity index (χ0v) is 15.2. The van der Waals surface area contributed by atoms with Crippen LogP contribution in [0.2, 0.25) is 0 Å². The molecule has 0 fully saturated rings. The molecule has 1 aliphatic heterocycles. The maximum Gasteiger partial charge on any atom is 0.261 e. The predicted octanol–water partition coefficient (Wildman–Crippen LogP) is 3.42. The van der Waals surface area contributed by atoms with E-state index in [2.05, 4.69) is 24.4 Å². The highest BCUT2D eigenvalue weighted by Gasteiger charge is 2.34. The summed E-state index contributed by atoms with van der Waals surface area (Å²) in [5.74, 6) is 0.467. The molecule has 2 amide bonds. The molecule has 5 nitrogen and oxygen atoms in total. The van der Waals surface area contributed by atoms with Gasteiger partial charge in [0.25, 0.3) is 11.8 Å². The van der Waals surface area contributed by atoms with Crippen LogP contribution in [0, 0.1) is 0 Å². The summed E-state index contributed by atoms with van der Waals surface area (Å²) in [4.78, 5) is 26.0. The first-order valence-corrected chi connectivity index (χ1v) is 8.98. The molecule has 0 saturated heterocycles. The Balaban J connectivity index is 1.52. The lowest BCUT2D eigenvalue weighted by Gasteiger charge is -2.19. The number of amides is 2. The Bertz CT molecular complexity index is 751. The maximum atomic E-state index is 12.3. The highest BCUT2D eigenvalue weighted by atomic mass is 16.5. The number of hydrogen-bond acceptors (Lipinski definition) is 4. The summed E-state index contributed by atoms with van der Waals surface area (Å²) >= 11 is 0. The van der Waals surface area contributed by atoms with Crippen LogP contribution >= 0.6 is 0 Å². The molecule has 136 valence electrons. The average molecular weight is 352 g/mol. The van der Waals surface area contributed by atoms with Crippen molar-refractivity contribution in [1.29, 1.82) is 0 Å². The van der Waals surface area contributed by atoms with E-state index in [0.29, 0.717) is 17.7 Å². The third-order valence-corrected chi connectivity index (χ3v) is 4.75. The number of rotatable bonds is 8. The van der Waals surface area contributed by atoms with Crippen LogP contribution < -0.4 is 10.1 Å². The number of imide groups is 1. The standard InChI is InChI=1S/C21H24N2O3/c1-3-19(15-9-11-16(26-2)12-10-15)22-13-6-14-23-20(24)17-7-4-5-8-18(17)21(23)25/h4-5,7-12,19,22H,3,6,13-14H2,1-2H3. The molecule has 0 saturated carbocycles. The van der Waals surface area contributed by atoms with Gasteiger partial charge in [-0.1, -0.05) is 31.2 Å². The van der Waals surface area contributed by atoms with Crippen molar-refractivity contribution >= 4 is 11.8 Å². The number of fused-ring (bicyclic) bond motifs is 1. The van der Waals surface area contributed by atoms with E-state index in [1.54, 1.807) is 31.4 Å². The summed E-state index contributed by atoms with van der Waals surface area (Å²) < 4.78 is 5.20. The largest absolute Gasteiger partial charge is 0.497 e. The van der Waals surface area contributed by atoms with E-state index in [1.807, 2.05) is 12.1 Å². The predicted molar refractivity (Wildman–Crippen MR) is 100 cm³/mol. The van der Waals surface area contributed by atoms with Crippen molar-refractivity contribution in [3.05, 3.63) is 65.2 Å². The highest BCUT2D eigenvalue weighted by Crippen LogP contribution is 2.23. The van der Waals surface area contributed by atoms with Gasteiger partial charge in [0.05, 0.1) is 18.2 Å². The zero-order chi connectivity index (χ0) is 18.5. The molecule has 2 aromatic carbocycles. The summed E-state index contributed by atoms with van der Waals surface area (Å²) in [6, 6.07) is 15.3. The van der Waals surface area contributed by atoms with Crippen LogP contribution in [0.3, 0.4) is 0 Å². The summed E-state index contributed by atoms with van der Waals surface area (Å²) in [5, 5.41) is 3.51. The Morgan fingerprint density at radius 1 is 1.00 bits per heavy atom. The van der Waals surface area contributed by atoms with E-state index >= 15 is 0 Å². The van der Waals surface area contributed by atoms with Gasteiger partial charge in [-0.15, -0.1) is 0 Å². The van der Waals surface area contributed by atoms with E-state index in [9.17, 15) is 9.59 Å². The number of carbonyl (C=O) groups is 2. The lowest BCUT2D eigenvalue weighted by molar-refractivity contribution is 0.0652. The number of carbonyl (C=O) groups excluding carboxylic acids is 2. The second kappa shape index (κ2) is 8.15. The zero-order valence-electron chi connectivity index (χ0n) is 15.2. The summed E-state index contributed by atoms with van der Waals surface area (Å²) in [6.07, 6.45) is 1.68. The first-order valence-electron chi connectivity index (χ1n) is 8.98. The molecule has 2 aromatic rings. The van der Waals surface area contributed by atoms with E-state index in [4.69, 9.17) is 4.74 Å². The van der Waals surface area contributed by atoms with E-state index in [1.165, 1.54) is 10.5 Å². The molecular weight excluding hydrogens is 328 g/mol. The smallest absolute Gasteiger partial charge is 0.261 e. The van der Waals surface area contributed by atoms with Gasteiger partial charge < -0.3 is 10.1 Å². The number of methoxy groups -OCH3 is 1. The van der Waals surface area contributed by atoms with Crippen molar-refractivity contribution in [2.24, 2.45) is 0 Å². The van der Waals surface area contributed by atoms with Gasteiger partial charge in [0.1, 0.15) is 5.75 Å². The summed E-state index contributed by atoms with van der Waals surface area (Å²) in [5.41, 5.74) is 2.22. The lowest BCUT2D eigenvalue weighted by atomic mass is 10.0. The van der Waals surface area contributed by atoms with Crippen LogP contribution in [0.1, 0.15) is 52.1 Å². The fourth-order valence-corrected chi connectivity index (χ4v) is 3.29. The number of nitrogens with one attached hydrogen (secondary N) is 1. The monoisotopic (exact) mass is 352 g/mol. The van der Waals surface area contributed by atoms with Gasteiger partial charge in [-0.25, -0.2) is 0 Å². The van der Waals surface area contributed by atoms with Gasteiger partial charge in [0, 0.05) is 12.6 Å². The van der Waals surface area contributed by atoms with Crippen LogP contribution in [-0.2, 0) is 0 Å². The minimum Gasteiger partial charge on any atom is -0.497 e. The average Bonchev–Trinajstić information content (AvgIpc) is 2.93. The normalized spacial score (nSPS) is 14.5. The third kappa shape index (κ3) is 3.63. The minimum atomic E-state index is -0.187. The molecular formula is C21H24N2O3. The number of benzene rings is 2. The molecule has 1 N–H and O–H groups in total. The highest BCUT2D eigenvalue weighted by molar-refractivity contribution is 6.21. The van der Waals surface area contributed by atoms with E-state index in [-0.39, 0.29) is 17.9 Å². The molecule has 1 unspecified atom stereocenters. The van der Waals surface area contributed by atoms with Crippen molar-refractivity contribution in [1.82, 2.24) is 10.2 Å². The lowest BCUT2D eigenvalue weighted by Crippen LogP contribution is -2.33. The maximum absolute atomic E-state index is 12.3. The van der Waals surface area contributed by atoms with Gasteiger partial charge in [0.15, 0.2) is 0 Å². The molecule has 1 heterocycles. The summed E-state index contributed by atoms with van der Waals surface area (Å²) in [7, 11) is 1.66. The van der Waals surface area contributed by atoms with E-state index < -0.39 is 0 Å². The van der Waals surface area contributed by atoms with Crippen LogP contribution in [0.15, 0.2) is 48.5 Å². The van der Waals surface area contributed by atoms with Gasteiger partial charge in [-0.3, -0.25) is 14.5 Å². The Labute approximate surface area is 154 Å². The number of nitrogens with zero attached hydrogens (tertiary/aromatic N) is 1. The molecule has 1 atom stereocenters. The molecule has 26 heavy (non-hydrogen) atoms. The van der Waals surface area contributed by atoms with Gasteiger partial charge in [0.2, 0.25) is 0 Å². The fraction of sp³-hybridized carbons (Fsp3) is 0.333. The molecule has 0 aromatic heterocycles. The molecule has 3 rings (SSSR count). The van der Waals surface area contributed by atoms with Crippen LogP contribution in [0.25, 0.3) is 0 Å². The van der Waals surface area contributed by atoms with Crippen molar-refractivity contribution in [2.45, 2.75) is 25.8 Å². The van der Waals surface area contributed by atoms with Crippen molar-refractivity contribution in [2.75, 3.05) is 20.2 Å². The van der Waals surface area contributed by atoms with Gasteiger partial charge in [-0.2, -0.15) is 0 Å². The quantitative estimate of drug-likeness (QED) is 0.584. The van der Waals surface area contributed by atoms with Crippen LogP contribution in [0.4, 0.5) is 0 Å². The van der Waals surface area contributed by atoms with Crippen LogP contribution in [-0.4, -0.2) is 36.9 Å². The number of hydrogen-bond donors (Lipinski definition) is 1. The Hall–Kier alpha value is -2.66. The second-order valence-corrected chi connectivity index (χ2v) is 6.35. The van der Waals surface area contributed by atoms with Crippen LogP contribution in [0.5, 0.6) is 5.75 Å². The van der Waals surface area contributed by atoms with Gasteiger partial charge >= 0.3 is 0 Å². The molecule has 0 bridgehead atoms. The topological polar surface area (TPSA) is 58.6 Å².